The Labute approximate surface area is 125 Å². The first-order chi connectivity index (χ1) is 9.60. The molecule has 0 saturated heterocycles. The van der Waals surface area contributed by atoms with E-state index in [-0.39, 0.29) is 5.82 Å². The van der Waals surface area contributed by atoms with E-state index in [1.807, 2.05) is 24.1 Å². The molecule has 114 valence electrons. The highest BCUT2D eigenvalue weighted by molar-refractivity contribution is 7.98. The van der Waals surface area contributed by atoms with Gasteiger partial charge < -0.3 is 15.0 Å². The number of halogens is 1. The molecule has 0 heterocycles. The Balaban J connectivity index is 2.63. The summed E-state index contributed by atoms with van der Waals surface area (Å²) in [5.41, 5.74) is 1.61. The van der Waals surface area contributed by atoms with E-state index < -0.39 is 0 Å². The van der Waals surface area contributed by atoms with Crippen LogP contribution in [0.5, 0.6) is 0 Å². The molecule has 3 nitrogen and oxygen atoms in total. The third-order valence-electron chi connectivity index (χ3n) is 3.27. The predicted octanol–water partition coefficient (Wildman–Crippen LogP) is 2.75. The number of hydrogen-bond donors (Lipinski definition) is 1. The molecule has 1 aromatic carbocycles. The van der Waals surface area contributed by atoms with Crippen LogP contribution in [0.1, 0.15) is 12.5 Å². The second kappa shape index (κ2) is 9.21. The summed E-state index contributed by atoms with van der Waals surface area (Å²) in [6.45, 7) is 4.20. The topological polar surface area (TPSA) is 24.5 Å². The Morgan fingerprint density at radius 1 is 1.45 bits per heavy atom. The molecule has 1 aromatic rings. The molecular formula is C15H25FN2OS. The number of methoxy groups -OCH3 is 1. The first-order valence-corrected chi connectivity index (χ1v) is 8.19. The number of thioether (sulfide) groups is 1. The van der Waals surface area contributed by atoms with E-state index in [0.29, 0.717) is 24.9 Å². The van der Waals surface area contributed by atoms with Crippen LogP contribution >= 0.6 is 11.8 Å². The van der Waals surface area contributed by atoms with Crippen LogP contribution in [0.15, 0.2) is 18.2 Å². The molecule has 0 radical (unpaired) electrons. The van der Waals surface area contributed by atoms with E-state index in [4.69, 9.17) is 4.74 Å². The average molecular weight is 300 g/mol. The first-order valence-electron chi connectivity index (χ1n) is 6.80. The zero-order valence-corrected chi connectivity index (χ0v) is 13.6. The van der Waals surface area contributed by atoms with Crippen LogP contribution < -0.4 is 10.2 Å². The van der Waals surface area contributed by atoms with Crippen molar-refractivity contribution in [3.8, 4) is 0 Å². The molecule has 0 aromatic heterocycles. The molecule has 0 spiro atoms. The van der Waals surface area contributed by atoms with E-state index in [9.17, 15) is 4.39 Å². The largest absolute Gasteiger partial charge is 0.383 e. The van der Waals surface area contributed by atoms with Gasteiger partial charge in [-0.25, -0.2) is 4.39 Å². The van der Waals surface area contributed by atoms with E-state index >= 15 is 0 Å². The van der Waals surface area contributed by atoms with Gasteiger partial charge >= 0.3 is 0 Å². The minimum Gasteiger partial charge on any atom is -0.383 e. The van der Waals surface area contributed by atoms with Gasteiger partial charge in [0.2, 0.25) is 0 Å². The number of ether oxygens (including phenoxy) is 1. The Kier molecular flexibility index (Phi) is 7.95. The highest BCUT2D eigenvalue weighted by Gasteiger charge is 2.13. The maximum atomic E-state index is 14.2. The van der Waals surface area contributed by atoms with Gasteiger partial charge in [0.05, 0.1) is 12.3 Å². The highest BCUT2D eigenvalue weighted by atomic mass is 32.2. The molecule has 1 atom stereocenters. The monoisotopic (exact) mass is 300 g/mol. The van der Waals surface area contributed by atoms with Gasteiger partial charge in [0, 0.05) is 39.0 Å². The van der Waals surface area contributed by atoms with Crippen molar-refractivity contribution in [3.63, 3.8) is 0 Å². The standard InChI is InChI=1S/C15H25FN2OS/c1-12(11-20-4)18(2)15-6-5-13(9-14(15)16)10-17-7-8-19-3/h5-6,9,12,17H,7-8,10-11H2,1-4H3. The number of nitrogens with one attached hydrogen (secondary N) is 1. The normalized spacial score (nSPS) is 12.4. The van der Waals surface area contributed by atoms with Crippen molar-refractivity contribution in [1.82, 2.24) is 5.32 Å². The lowest BCUT2D eigenvalue weighted by Gasteiger charge is -2.27. The van der Waals surface area contributed by atoms with Crippen molar-refractivity contribution >= 4 is 17.4 Å². The molecule has 0 amide bonds. The molecule has 1 rings (SSSR count). The highest BCUT2D eigenvalue weighted by Crippen LogP contribution is 2.22. The van der Waals surface area contributed by atoms with Crippen LogP contribution in [0.25, 0.3) is 0 Å². The fourth-order valence-electron chi connectivity index (χ4n) is 1.94. The van der Waals surface area contributed by atoms with E-state index in [1.165, 1.54) is 0 Å². The summed E-state index contributed by atoms with van der Waals surface area (Å²) in [7, 11) is 3.61. The first kappa shape index (κ1) is 17.3. The summed E-state index contributed by atoms with van der Waals surface area (Å²) in [5.74, 6) is 0.822. The van der Waals surface area contributed by atoms with Crippen LogP contribution in [-0.4, -0.2) is 45.4 Å². The Hall–Kier alpha value is -0.780. The van der Waals surface area contributed by atoms with Crippen molar-refractivity contribution in [1.29, 1.82) is 0 Å². The summed E-state index contributed by atoms with van der Waals surface area (Å²) in [4.78, 5) is 1.99. The lowest BCUT2D eigenvalue weighted by atomic mass is 10.1. The van der Waals surface area contributed by atoms with Gasteiger partial charge in [0.25, 0.3) is 0 Å². The molecule has 1 N–H and O–H groups in total. The minimum absolute atomic E-state index is 0.161. The van der Waals surface area contributed by atoms with Crippen LogP contribution in [0.3, 0.4) is 0 Å². The zero-order valence-electron chi connectivity index (χ0n) is 12.8. The molecule has 0 aliphatic carbocycles. The van der Waals surface area contributed by atoms with Gasteiger partial charge in [-0.1, -0.05) is 6.07 Å². The van der Waals surface area contributed by atoms with E-state index in [1.54, 1.807) is 24.9 Å². The van der Waals surface area contributed by atoms with Crippen LogP contribution in [0.4, 0.5) is 10.1 Å². The average Bonchev–Trinajstić information content (AvgIpc) is 2.43. The fraction of sp³-hybridized carbons (Fsp3) is 0.600. The summed E-state index contributed by atoms with van der Waals surface area (Å²) in [6, 6.07) is 5.75. The lowest BCUT2D eigenvalue weighted by Crippen LogP contribution is -2.31. The van der Waals surface area contributed by atoms with Crippen molar-refractivity contribution in [2.24, 2.45) is 0 Å². The number of rotatable bonds is 9. The minimum atomic E-state index is -0.161. The number of anilines is 1. The third-order valence-corrected chi connectivity index (χ3v) is 4.09. The zero-order chi connectivity index (χ0) is 15.0. The lowest BCUT2D eigenvalue weighted by molar-refractivity contribution is 0.199. The maximum absolute atomic E-state index is 14.2. The molecule has 0 fully saturated rings. The van der Waals surface area contributed by atoms with Gasteiger partial charge in [-0.3, -0.25) is 0 Å². The Bertz CT molecular complexity index is 403. The molecule has 0 bridgehead atoms. The SMILES string of the molecule is COCCNCc1ccc(N(C)C(C)CSC)c(F)c1. The van der Waals surface area contributed by atoms with Gasteiger partial charge in [0.15, 0.2) is 0 Å². The third kappa shape index (κ3) is 5.31. The Morgan fingerprint density at radius 3 is 2.80 bits per heavy atom. The van der Waals surface area contributed by atoms with Crippen molar-refractivity contribution < 1.29 is 9.13 Å². The van der Waals surface area contributed by atoms with Crippen LogP contribution in [0, 0.1) is 5.82 Å². The van der Waals surface area contributed by atoms with E-state index in [0.717, 1.165) is 17.9 Å². The summed E-state index contributed by atoms with van der Waals surface area (Å²) in [5, 5.41) is 3.21. The fourth-order valence-corrected chi connectivity index (χ4v) is 2.65. The molecule has 0 aliphatic heterocycles. The van der Waals surface area contributed by atoms with Gasteiger partial charge in [-0.05, 0) is 30.9 Å². The molecule has 0 aliphatic rings. The van der Waals surface area contributed by atoms with Crippen molar-refractivity contribution in [2.45, 2.75) is 19.5 Å². The van der Waals surface area contributed by atoms with Crippen molar-refractivity contribution in [3.05, 3.63) is 29.6 Å². The molecule has 20 heavy (non-hydrogen) atoms. The number of benzene rings is 1. The molecule has 0 saturated carbocycles. The smallest absolute Gasteiger partial charge is 0.146 e. The quantitative estimate of drug-likeness (QED) is 0.709. The van der Waals surface area contributed by atoms with Crippen molar-refractivity contribution in [2.75, 3.05) is 44.2 Å². The number of nitrogens with zero attached hydrogens (tertiary/aromatic N) is 1. The molecular weight excluding hydrogens is 275 g/mol. The van der Waals surface area contributed by atoms with Crippen LogP contribution in [0.2, 0.25) is 0 Å². The number of hydrogen-bond acceptors (Lipinski definition) is 4. The summed E-state index contributed by atoms with van der Waals surface area (Å²) >= 11 is 1.77. The van der Waals surface area contributed by atoms with Gasteiger partial charge in [0.1, 0.15) is 5.82 Å². The van der Waals surface area contributed by atoms with Gasteiger partial charge in [-0.15, -0.1) is 0 Å². The second-order valence-electron chi connectivity index (χ2n) is 4.87. The molecule has 1 unspecified atom stereocenters. The maximum Gasteiger partial charge on any atom is 0.146 e. The van der Waals surface area contributed by atoms with Crippen LogP contribution in [-0.2, 0) is 11.3 Å². The summed E-state index contributed by atoms with van der Waals surface area (Å²) < 4.78 is 19.1. The predicted molar refractivity (Wildman–Crippen MR) is 86.2 cm³/mol. The molecule has 5 heteroatoms. The van der Waals surface area contributed by atoms with E-state index in [2.05, 4.69) is 18.5 Å². The Morgan fingerprint density at radius 2 is 2.20 bits per heavy atom. The van der Waals surface area contributed by atoms with Gasteiger partial charge in [-0.2, -0.15) is 11.8 Å². The summed E-state index contributed by atoms with van der Waals surface area (Å²) in [6.07, 6.45) is 2.06. The second-order valence-corrected chi connectivity index (χ2v) is 5.78.